The van der Waals surface area contributed by atoms with Crippen LogP contribution < -0.4 is 0 Å². The van der Waals surface area contributed by atoms with Crippen LogP contribution >= 0.6 is 0 Å². The van der Waals surface area contributed by atoms with Gasteiger partial charge in [-0.25, -0.2) is 0 Å². The Morgan fingerprint density at radius 1 is 1.00 bits per heavy atom. The molecule has 0 unspecified atom stereocenters. The predicted molar refractivity (Wildman–Crippen MR) is 47.6 cm³/mol. The van der Waals surface area contributed by atoms with Crippen molar-refractivity contribution in [1.82, 2.24) is 0 Å². The summed E-state index contributed by atoms with van der Waals surface area (Å²) in [5, 5.41) is 10.0. The first-order chi connectivity index (χ1) is 5.86. The number of aliphatic hydroxyl groups is 1. The first-order valence-electron chi connectivity index (χ1n) is 5.22. The van der Waals surface area contributed by atoms with E-state index in [1.165, 1.54) is 25.7 Å². The first-order valence-corrected chi connectivity index (χ1v) is 5.22. The fourth-order valence-electron chi connectivity index (χ4n) is 3.57. The third kappa shape index (κ3) is 0.779. The summed E-state index contributed by atoms with van der Waals surface area (Å²) in [5.74, 6) is 2.67. The highest BCUT2D eigenvalue weighted by Gasteiger charge is 2.46. The zero-order chi connectivity index (χ0) is 8.13. The van der Waals surface area contributed by atoms with Gasteiger partial charge in [-0.3, -0.25) is 0 Å². The number of hydrogen-bond donors (Lipinski definition) is 1. The lowest BCUT2D eigenvalue weighted by atomic mass is 9.64. The van der Waals surface area contributed by atoms with Crippen molar-refractivity contribution in [2.24, 2.45) is 23.7 Å². The molecule has 0 aromatic heterocycles. The third-order valence-corrected chi connectivity index (χ3v) is 4.20. The maximum Gasteiger partial charge on any atom is 0.0607 e. The molecule has 0 spiro atoms. The predicted octanol–water partition coefficient (Wildman–Crippen LogP) is 1.97. The van der Waals surface area contributed by atoms with E-state index in [0.717, 1.165) is 11.8 Å². The topological polar surface area (TPSA) is 20.2 Å². The maximum atomic E-state index is 10.0. The summed E-state index contributed by atoms with van der Waals surface area (Å²) in [6.07, 6.45) is 9.97. The molecular weight excluding hydrogens is 148 g/mol. The Morgan fingerprint density at radius 3 is 2.17 bits per heavy atom. The molecule has 1 N–H and O–H groups in total. The van der Waals surface area contributed by atoms with Gasteiger partial charge in [0.15, 0.2) is 0 Å². The van der Waals surface area contributed by atoms with Gasteiger partial charge in [0, 0.05) is 0 Å². The molecule has 2 saturated carbocycles. The summed E-state index contributed by atoms with van der Waals surface area (Å²) in [6.45, 7) is 0. The van der Waals surface area contributed by atoms with Crippen LogP contribution in [-0.4, -0.2) is 11.2 Å². The molecular formula is C11H16O. The summed E-state index contributed by atoms with van der Waals surface area (Å²) in [6, 6.07) is 0. The largest absolute Gasteiger partial charge is 0.393 e. The molecule has 1 nitrogen and oxygen atoms in total. The van der Waals surface area contributed by atoms with Crippen LogP contribution in [0.25, 0.3) is 0 Å². The second kappa shape index (κ2) is 2.35. The van der Waals surface area contributed by atoms with E-state index in [0.29, 0.717) is 11.8 Å². The SMILES string of the molecule is OC1[C@H]2CCC[C@H]1[C@H]1C=C[C@H]2C1. The van der Waals surface area contributed by atoms with Crippen LogP contribution in [0.4, 0.5) is 0 Å². The first kappa shape index (κ1) is 7.14. The van der Waals surface area contributed by atoms with Crippen LogP contribution in [0.3, 0.4) is 0 Å². The highest BCUT2D eigenvalue weighted by Crippen LogP contribution is 2.50. The second-order valence-corrected chi connectivity index (χ2v) is 4.70. The standard InChI is InChI=1S/C11H16O/c12-11-9-2-1-3-10(11)8-5-4-7(9)6-8/h4-5,7-12H,1-3,6H2/t7-,8-,9-,10-/m0/s1. The second-order valence-electron chi connectivity index (χ2n) is 4.70. The lowest BCUT2D eigenvalue weighted by molar-refractivity contribution is -0.0452. The van der Waals surface area contributed by atoms with Gasteiger partial charge in [-0.05, 0) is 42.9 Å². The molecule has 0 aromatic carbocycles. The van der Waals surface area contributed by atoms with Crippen molar-refractivity contribution in [3.05, 3.63) is 12.2 Å². The van der Waals surface area contributed by atoms with E-state index in [4.69, 9.17) is 0 Å². The van der Waals surface area contributed by atoms with Crippen molar-refractivity contribution < 1.29 is 5.11 Å². The molecule has 0 heterocycles. The van der Waals surface area contributed by atoms with E-state index in [1.807, 2.05) is 0 Å². The van der Waals surface area contributed by atoms with Crippen LogP contribution in [0.2, 0.25) is 0 Å². The highest BCUT2D eigenvalue weighted by atomic mass is 16.3. The number of rotatable bonds is 0. The van der Waals surface area contributed by atoms with Gasteiger partial charge in [-0.15, -0.1) is 0 Å². The van der Waals surface area contributed by atoms with Crippen LogP contribution in [0.15, 0.2) is 12.2 Å². The monoisotopic (exact) mass is 164 g/mol. The molecule has 4 atom stereocenters. The van der Waals surface area contributed by atoms with E-state index in [2.05, 4.69) is 12.2 Å². The maximum absolute atomic E-state index is 10.0. The Labute approximate surface area is 73.5 Å². The van der Waals surface area contributed by atoms with Gasteiger partial charge in [0.25, 0.3) is 0 Å². The summed E-state index contributed by atoms with van der Waals surface area (Å²) in [7, 11) is 0. The quantitative estimate of drug-likeness (QED) is 0.543. The minimum absolute atomic E-state index is 0.0255. The molecule has 2 fully saturated rings. The van der Waals surface area contributed by atoms with Crippen LogP contribution in [-0.2, 0) is 0 Å². The summed E-state index contributed by atoms with van der Waals surface area (Å²) >= 11 is 0. The summed E-state index contributed by atoms with van der Waals surface area (Å²) < 4.78 is 0. The highest BCUT2D eigenvalue weighted by molar-refractivity contribution is 5.13. The number of fused-ring (bicyclic) bond motifs is 6. The van der Waals surface area contributed by atoms with Gasteiger partial charge >= 0.3 is 0 Å². The molecule has 0 amide bonds. The van der Waals surface area contributed by atoms with E-state index < -0.39 is 0 Å². The zero-order valence-electron chi connectivity index (χ0n) is 7.32. The van der Waals surface area contributed by atoms with Crippen LogP contribution in [0, 0.1) is 23.7 Å². The number of aliphatic hydroxyl groups excluding tert-OH is 1. The Balaban J connectivity index is 1.97. The van der Waals surface area contributed by atoms with Crippen molar-refractivity contribution >= 4 is 0 Å². The Morgan fingerprint density at radius 2 is 1.58 bits per heavy atom. The normalized spacial score (nSPS) is 55.9. The minimum atomic E-state index is 0.0255. The lowest BCUT2D eigenvalue weighted by Gasteiger charge is -2.44. The smallest absolute Gasteiger partial charge is 0.0607 e. The fourth-order valence-corrected chi connectivity index (χ4v) is 3.57. The Kier molecular flexibility index (Phi) is 1.40. The molecule has 3 aliphatic carbocycles. The molecule has 0 radical (unpaired) electrons. The van der Waals surface area contributed by atoms with Gasteiger partial charge in [-0.2, -0.15) is 0 Å². The minimum Gasteiger partial charge on any atom is -0.393 e. The molecule has 0 saturated heterocycles. The lowest BCUT2D eigenvalue weighted by Crippen LogP contribution is -2.43. The van der Waals surface area contributed by atoms with Crippen molar-refractivity contribution in [3.63, 3.8) is 0 Å². The zero-order valence-corrected chi connectivity index (χ0v) is 7.32. The molecule has 12 heavy (non-hydrogen) atoms. The average Bonchev–Trinajstić information content (AvgIpc) is 2.47. The van der Waals surface area contributed by atoms with E-state index >= 15 is 0 Å². The van der Waals surface area contributed by atoms with Crippen molar-refractivity contribution in [2.45, 2.75) is 31.8 Å². The Bertz CT molecular complexity index is 201. The Hall–Kier alpha value is -0.300. The molecule has 0 aliphatic heterocycles. The molecule has 0 aromatic rings. The average molecular weight is 164 g/mol. The third-order valence-electron chi connectivity index (χ3n) is 4.20. The van der Waals surface area contributed by atoms with Gasteiger partial charge in [0.1, 0.15) is 0 Å². The molecule has 3 aliphatic rings. The van der Waals surface area contributed by atoms with Crippen molar-refractivity contribution in [1.29, 1.82) is 0 Å². The van der Waals surface area contributed by atoms with Crippen LogP contribution in [0.5, 0.6) is 0 Å². The van der Waals surface area contributed by atoms with Crippen molar-refractivity contribution in [3.8, 4) is 0 Å². The molecule has 66 valence electrons. The summed E-state index contributed by atoms with van der Waals surface area (Å²) in [4.78, 5) is 0. The van der Waals surface area contributed by atoms with Gasteiger partial charge in [-0.1, -0.05) is 18.6 Å². The van der Waals surface area contributed by atoms with Crippen LogP contribution in [0.1, 0.15) is 25.7 Å². The fraction of sp³-hybridized carbons (Fsp3) is 0.818. The molecule has 1 heteroatoms. The van der Waals surface area contributed by atoms with Gasteiger partial charge < -0.3 is 5.11 Å². The van der Waals surface area contributed by atoms with E-state index in [1.54, 1.807) is 0 Å². The number of hydrogen-bond acceptors (Lipinski definition) is 1. The van der Waals surface area contributed by atoms with Gasteiger partial charge in [0.05, 0.1) is 6.10 Å². The van der Waals surface area contributed by atoms with Crippen molar-refractivity contribution in [2.75, 3.05) is 0 Å². The van der Waals surface area contributed by atoms with E-state index in [-0.39, 0.29) is 6.10 Å². The molecule has 3 rings (SSSR count). The number of allylic oxidation sites excluding steroid dienone is 2. The van der Waals surface area contributed by atoms with E-state index in [9.17, 15) is 5.11 Å². The molecule has 4 bridgehead atoms. The summed E-state index contributed by atoms with van der Waals surface area (Å²) in [5.41, 5.74) is 0. The van der Waals surface area contributed by atoms with Gasteiger partial charge in [0.2, 0.25) is 0 Å².